The summed E-state index contributed by atoms with van der Waals surface area (Å²) in [5, 5.41) is 8.80. The first-order valence-electron chi connectivity index (χ1n) is 2.61. The number of esters is 1. The Kier molecular flexibility index (Phi) is 3.19. The van der Waals surface area contributed by atoms with Gasteiger partial charge in [0.05, 0.1) is 7.11 Å². The fraction of sp³-hybridized carbons (Fsp3) is 0.800. The SMILES string of the molecule is COC(=O)C(O)[C@H](C)N. The van der Waals surface area contributed by atoms with Crippen LogP contribution < -0.4 is 5.73 Å². The van der Waals surface area contributed by atoms with E-state index in [0.29, 0.717) is 0 Å². The molecule has 0 rings (SSSR count). The lowest BCUT2D eigenvalue weighted by Crippen LogP contribution is -2.38. The molecule has 0 aliphatic carbocycles. The van der Waals surface area contributed by atoms with Gasteiger partial charge in [-0.1, -0.05) is 0 Å². The minimum Gasteiger partial charge on any atom is -0.467 e. The molecule has 0 aliphatic heterocycles. The number of nitrogens with two attached hydrogens (primary N) is 1. The molecule has 2 atom stereocenters. The standard InChI is InChI=1S/C5H11NO3/c1-3(6)4(7)5(8)9-2/h3-4,7H,6H2,1-2H3/t3-,4?/m0/s1. The second-order valence-electron chi connectivity index (χ2n) is 1.83. The molecule has 54 valence electrons. The van der Waals surface area contributed by atoms with E-state index in [4.69, 9.17) is 10.8 Å². The second-order valence-corrected chi connectivity index (χ2v) is 1.83. The number of methoxy groups -OCH3 is 1. The molecular formula is C5H11NO3. The summed E-state index contributed by atoms with van der Waals surface area (Å²) < 4.78 is 4.20. The van der Waals surface area contributed by atoms with Crippen LogP contribution in [-0.2, 0) is 9.53 Å². The van der Waals surface area contributed by atoms with Gasteiger partial charge in [0.1, 0.15) is 0 Å². The van der Waals surface area contributed by atoms with Gasteiger partial charge in [-0.05, 0) is 6.92 Å². The third-order valence-electron chi connectivity index (χ3n) is 0.941. The largest absolute Gasteiger partial charge is 0.467 e. The van der Waals surface area contributed by atoms with Crippen LogP contribution in [0.3, 0.4) is 0 Å². The Morgan fingerprint density at radius 1 is 1.78 bits per heavy atom. The van der Waals surface area contributed by atoms with Crippen molar-refractivity contribution in [1.29, 1.82) is 0 Å². The molecule has 4 nitrogen and oxygen atoms in total. The summed E-state index contributed by atoms with van der Waals surface area (Å²) in [6.45, 7) is 1.53. The highest BCUT2D eigenvalue weighted by Crippen LogP contribution is 1.90. The van der Waals surface area contributed by atoms with Gasteiger partial charge in [0.25, 0.3) is 0 Å². The van der Waals surface area contributed by atoms with Crippen molar-refractivity contribution in [3.63, 3.8) is 0 Å². The number of rotatable bonds is 2. The van der Waals surface area contributed by atoms with Crippen molar-refractivity contribution in [3.8, 4) is 0 Å². The second kappa shape index (κ2) is 3.42. The summed E-state index contributed by atoms with van der Waals surface area (Å²) in [4.78, 5) is 10.4. The highest BCUT2D eigenvalue weighted by molar-refractivity contribution is 5.74. The van der Waals surface area contributed by atoms with Crippen LogP contribution >= 0.6 is 0 Å². The highest BCUT2D eigenvalue weighted by atomic mass is 16.5. The van der Waals surface area contributed by atoms with Crippen molar-refractivity contribution >= 4 is 5.97 Å². The number of hydrogen-bond acceptors (Lipinski definition) is 4. The Hall–Kier alpha value is -0.610. The average molecular weight is 133 g/mol. The lowest BCUT2D eigenvalue weighted by atomic mass is 10.2. The first-order chi connectivity index (χ1) is 4.09. The third-order valence-corrected chi connectivity index (χ3v) is 0.941. The molecule has 0 spiro atoms. The van der Waals surface area contributed by atoms with Crippen molar-refractivity contribution in [1.82, 2.24) is 0 Å². The van der Waals surface area contributed by atoms with E-state index >= 15 is 0 Å². The topological polar surface area (TPSA) is 72.5 Å². The van der Waals surface area contributed by atoms with Crippen LogP contribution in [-0.4, -0.2) is 30.3 Å². The van der Waals surface area contributed by atoms with Gasteiger partial charge in [0.15, 0.2) is 6.10 Å². The Morgan fingerprint density at radius 3 is 2.33 bits per heavy atom. The maximum absolute atomic E-state index is 10.4. The van der Waals surface area contributed by atoms with E-state index in [1.807, 2.05) is 0 Å². The van der Waals surface area contributed by atoms with Crippen molar-refractivity contribution in [2.45, 2.75) is 19.1 Å². The van der Waals surface area contributed by atoms with E-state index in [-0.39, 0.29) is 0 Å². The zero-order valence-electron chi connectivity index (χ0n) is 5.50. The van der Waals surface area contributed by atoms with E-state index in [9.17, 15) is 4.79 Å². The molecule has 0 aromatic carbocycles. The Bertz CT molecular complexity index is 102. The summed E-state index contributed by atoms with van der Waals surface area (Å²) in [7, 11) is 1.20. The molecular weight excluding hydrogens is 122 g/mol. The number of ether oxygens (including phenoxy) is 1. The highest BCUT2D eigenvalue weighted by Gasteiger charge is 2.18. The molecule has 0 aromatic rings. The van der Waals surface area contributed by atoms with Crippen molar-refractivity contribution in [3.05, 3.63) is 0 Å². The monoisotopic (exact) mass is 133 g/mol. The minimum absolute atomic E-state index is 0.572. The normalized spacial score (nSPS) is 16.4. The van der Waals surface area contributed by atoms with Crippen molar-refractivity contribution < 1.29 is 14.6 Å². The zero-order valence-corrected chi connectivity index (χ0v) is 5.50. The molecule has 0 amide bonds. The van der Waals surface area contributed by atoms with E-state index < -0.39 is 18.1 Å². The minimum atomic E-state index is -1.20. The maximum Gasteiger partial charge on any atom is 0.336 e. The van der Waals surface area contributed by atoms with Gasteiger partial charge in [-0.25, -0.2) is 4.79 Å². The van der Waals surface area contributed by atoms with Gasteiger partial charge >= 0.3 is 5.97 Å². The van der Waals surface area contributed by atoms with Gasteiger partial charge in [0.2, 0.25) is 0 Å². The van der Waals surface area contributed by atoms with Gasteiger partial charge in [-0.2, -0.15) is 0 Å². The molecule has 0 aliphatic rings. The van der Waals surface area contributed by atoms with Crippen molar-refractivity contribution in [2.75, 3.05) is 7.11 Å². The molecule has 3 N–H and O–H groups in total. The van der Waals surface area contributed by atoms with E-state index in [1.165, 1.54) is 14.0 Å². The number of aliphatic hydroxyl groups is 1. The molecule has 0 fully saturated rings. The molecule has 0 radical (unpaired) electrons. The number of aliphatic hydroxyl groups excluding tert-OH is 1. The summed E-state index contributed by atoms with van der Waals surface area (Å²) in [6.07, 6.45) is -1.20. The Balaban J connectivity index is 3.72. The Morgan fingerprint density at radius 2 is 2.22 bits per heavy atom. The molecule has 0 heterocycles. The Labute approximate surface area is 53.6 Å². The molecule has 9 heavy (non-hydrogen) atoms. The van der Waals surface area contributed by atoms with Crippen LogP contribution in [0.25, 0.3) is 0 Å². The summed E-state index contributed by atoms with van der Waals surface area (Å²) in [5.41, 5.74) is 5.16. The van der Waals surface area contributed by atoms with Crippen LogP contribution in [0.1, 0.15) is 6.92 Å². The number of carbonyl (C=O) groups excluding carboxylic acids is 1. The van der Waals surface area contributed by atoms with Crippen LogP contribution in [0.15, 0.2) is 0 Å². The molecule has 0 bridgehead atoms. The van der Waals surface area contributed by atoms with E-state index in [1.54, 1.807) is 0 Å². The number of carbonyl (C=O) groups is 1. The predicted molar refractivity (Wildman–Crippen MR) is 31.7 cm³/mol. The van der Waals surface area contributed by atoms with Crippen LogP contribution in [0.5, 0.6) is 0 Å². The quantitative estimate of drug-likeness (QED) is 0.467. The summed E-state index contributed by atoms with van der Waals surface area (Å²) in [6, 6.07) is -0.572. The zero-order chi connectivity index (χ0) is 7.44. The first kappa shape index (κ1) is 8.39. The van der Waals surface area contributed by atoms with Gasteiger partial charge in [-0.3, -0.25) is 0 Å². The van der Waals surface area contributed by atoms with Gasteiger partial charge in [0, 0.05) is 6.04 Å². The van der Waals surface area contributed by atoms with Crippen LogP contribution in [0.2, 0.25) is 0 Å². The predicted octanol–water partition coefficient (Wildman–Crippen LogP) is -1.13. The smallest absolute Gasteiger partial charge is 0.336 e. The summed E-state index contributed by atoms with van der Waals surface area (Å²) in [5.74, 6) is -0.690. The third kappa shape index (κ3) is 2.43. The van der Waals surface area contributed by atoms with Crippen molar-refractivity contribution in [2.24, 2.45) is 5.73 Å². The fourth-order valence-corrected chi connectivity index (χ4v) is 0.335. The van der Waals surface area contributed by atoms with E-state index in [2.05, 4.69) is 4.74 Å². The van der Waals surface area contributed by atoms with Crippen LogP contribution in [0.4, 0.5) is 0 Å². The van der Waals surface area contributed by atoms with Gasteiger partial charge in [-0.15, -0.1) is 0 Å². The maximum atomic E-state index is 10.4. The molecule has 0 aromatic heterocycles. The number of hydrogen-bond donors (Lipinski definition) is 2. The van der Waals surface area contributed by atoms with E-state index in [0.717, 1.165) is 0 Å². The molecule has 4 heteroatoms. The molecule has 1 unspecified atom stereocenters. The first-order valence-corrected chi connectivity index (χ1v) is 2.61. The van der Waals surface area contributed by atoms with Gasteiger partial charge < -0.3 is 15.6 Å². The summed E-state index contributed by atoms with van der Waals surface area (Å²) >= 11 is 0. The fourth-order valence-electron chi connectivity index (χ4n) is 0.335. The molecule has 0 saturated carbocycles. The average Bonchev–Trinajstić information content (AvgIpc) is 1.84. The lowest BCUT2D eigenvalue weighted by Gasteiger charge is -2.10. The van der Waals surface area contributed by atoms with Crippen LogP contribution in [0, 0.1) is 0 Å². The lowest BCUT2D eigenvalue weighted by molar-refractivity contribution is -0.151. The molecule has 0 saturated heterocycles.